The summed E-state index contributed by atoms with van der Waals surface area (Å²) in [7, 11) is -14.9. The Morgan fingerprint density at radius 3 is 0.337 bits per heavy atom. The highest BCUT2D eigenvalue weighted by Crippen LogP contribution is 2.71. The van der Waals surface area contributed by atoms with Crippen molar-refractivity contribution < 1.29 is 277 Å². The summed E-state index contributed by atoms with van der Waals surface area (Å²) in [4.78, 5) is 0. The van der Waals surface area contributed by atoms with Gasteiger partial charge in [-0.1, -0.05) is 0 Å². The Hall–Kier alpha value is -4.10. The first-order chi connectivity index (χ1) is 38.4. The van der Waals surface area contributed by atoms with Gasteiger partial charge in [-0.25, -0.2) is 0 Å². The summed E-state index contributed by atoms with van der Waals surface area (Å²) < 4.78 is 838. The minimum absolute atomic E-state index is 0.0230. The van der Waals surface area contributed by atoms with Crippen molar-refractivity contribution in [2.75, 3.05) is 0 Å². The molecule has 92 heavy (non-hydrogen) atoms. The summed E-state index contributed by atoms with van der Waals surface area (Å²) >= 11 is 0. The second-order valence-corrected chi connectivity index (χ2v) is 18.8. The Labute approximate surface area is 454 Å². The zero-order valence-electron chi connectivity index (χ0n) is 38.4. The number of alkyl halides is 60. The van der Waals surface area contributed by atoms with Crippen LogP contribution in [0.5, 0.6) is 0 Å². The molecule has 0 radical (unpaired) electrons. The van der Waals surface area contributed by atoms with Gasteiger partial charge in [0.2, 0.25) is 0 Å². The number of hydrogen-bond acceptors (Lipinski definition) is 3. The molecule has 64 heteroatoms. The summed E-state index contributed by atoms with van der Waals surface area (Å²) in [6.45, 7) is 0. The van der Waals surface area contributed by atoms with Gasteiger partial charge in [0.05, 0.1) is 0 Å². The van der Waals surface area contributed by atoms with E-state index in [1.165, 1.54) is 0 Å². The molecule has 0 aromatic rings. The molecule has 0 saturated carbocycles. The van der Waals surface area contributed by atoms with Gasteiger partial charge >= 0.3 is 176 Å². The van der Waals surface area contributed by atoms with Crippen LogP contribution in [0.4, 0.5) is 263 Å². The molecule has 0 aliphatic heterocycles. The van der Waals surface area contributed by atoms with Gasteiger partial charge in [-0.05, 0) is 0 Å². The summed E-state index contributed by atoms with van der Waals surface area (Å²) in [5.41, 5.74) is -12.3. The Morgan fingerprint density at radius 1 is 0.120 bits per heavy atom. The van der Waals surface area contributed by atoms with Crippen molar-refractivity contribution in [2.45, 2.75) is 167 Å². The minimum atomic E-state index is -14.9. The molecule has 0 aliphatic carbocycles. The summed E-state index contributed by atoms with van der Waals surface area (Å²) in [6.07, 6.45) is -70.5. The van der Waals surface area contributed by atoms with Crippen molar-refractivity contribution in [3.05, 3.63) is 0 Å². The zero-order valence-corrected chi connectivity index (χ0v) is 39.4. The van der Waals surface area contributed by atoms with E-state index >= 15 is 43.9 Å². The lowest BCUT2D eigenvalue weighted by molar-refractivity contribution is -0.487. The number of hydrogen-bond donors (Lipinski definition) is 0. The predicted molar refractivity (Wildman–Crippen MR) is 152 cm³/mol. The maximum Gasteiger partial charge on any atom is 0.595 e. The van der Waals surface area contributed by atoms with E-state index in [-0.39, 0.29) is 13.3 Å². The van der Waals surface area contributed by atoms with Gasteiger partial charge in [0.1, 0.15) is 0 Å². The highest BCUT2D eigenvalue weighted by atomic mass is 28.4. The second-order valence-electron chi connectivity index (χ2n) is 16.5. The van der Waals surface area contributed by atoms with Gasteiger partial charge in [-0.15, -0.1) is 0 Å². The van der Waals surface area contributed by atoms with Crippen molar-refractivity contribution in [2.24, 2.45) is 0 Å². The van der Waals surface area contributed by atoms with Crippen molar-refractivity contribution in [3.8, 4) is 0 Å². The largest absolute Gasteiger partial charge is 0.595 e. The fraction of sp³-hybridized carbons (Fsp3) is 1.00. The van der Waals surface area contributed by atoms with Gasteiger partial charge in [0.15, 0.2) is 0 Å². The van der Waals surface area contributed by atoms with Crippen LogP contribution in [0.3, 0.4) is 0 Å². The van der Waals surface area contributed by atoms with Crippen molar-refractivity contribution in [3.63, 3.8) is 0 Å². The average Bonchev–Trinajstić information content (AvgIpc) is 0.688. The standard InChI is InChI=1S/C28F60O3Si/c29-1(30,3(33,34)5(37,38)13(53,54)21(69,70)71)2(31,32)4(35,36)12(51,52)20(67,68)28(87,88)92(89-25(81,82)17(61,62)9(45,46)6(39,40)14(55,56)22(72,73)74,90-26(83,84)18(63,64)10(47,48)7(41,42)15(57,58)23(75,76)77)91-27(85,86)19(65,66)11(49,50)8(43,44)16(59,60)24(78,79)80. The van der Waals surface area contributed by atoms with Gasteiger partial charge in [0, 0.05) is 0 Å². The summed E-state index contributed by atoms with van der Waals surface area (Å²) in [5.74, 6) is -214. The van der Waals surface area contributed by atoms with Crippen LogP contribution >= 0.6 is 0 Å². The lowest BCUT2D eigenvalue weighted by Gasteiger charge is -2.49. The van der Waals surface area contributed by atoms with E-state index in [2.05, 4.69) is 0 Å². The third kappa shape index (κ3) is 10.8. The van der Waals surface area contributed by atoms with E-state index in [0.29, 0.717) is 0 Å². The van der Waals surface area contributed by atoms with Crippen LogP contribution in [0, 0.1) is 0 Å². The van der Waals surface area contributed by atoms with Crippen LogP contribution in [0.25, 0.3) is 0 Å². The Bertz CT molecular complexity index is 2430. The third-order valence-corrected chi connectivity index (χ3v) is 13.1. The quantitative estimate of drug-likeness (QED) is 0.0606. The van der Waals surface area contributed by atoms with E-state index in [4.69, 9.17) is 0 Å². The van der Waals surface area contributed by atoms with E-state index < -0.39 is 176 Å². The fourth-order valence-corrected chi connectivity index (χ4v) is 7.42. The van der Waals surface area contributed by atoms with Gasteiger partial charge < -0.3 is 13.3 Å². The highest BCUT2D eigenvalue weighted by Gasteiger charge is 3.04. The molecule has 0 unspecified atom stereocenters. The average molecular weight is 1550 g/mol. The van der Waals surface area contributed by atoms with Gasteiger partial charge in [0.25, 0.3) is 0 Å². The molecule has 0 bridgehead atoms. The smallest absolute Gasteiger partial charge is 0.304 e. The van der Waals surface area contributed by atoms with Crippen molar-refractivity contribution >= 4 is 8.80 Å². The fourth-order valence-electron chi connectivity index (χ4n) is 4.97. The molecule has 0 N–H and O–H groups in total. The molecule has 0 saturated heterocycles. The number of halogens is 60. The van der Waals surface area contributed by atoms with Crippen LogP contribution < -0.4 is 0 Å². The summed E-state index contributed by atoms with van der Waals surface area (Å²) in [6, 6.07) is 0. The molecule has 0 rings (SSSR count). The second kappa shape index (κ2) is 21.4. The van der Waals surface area contributed by atoms with Gasteiger partial charge in [-0.2, -0.15) is 263 Å². The molecule has 0 amide bonds. The molecule has 0 aliphatic rings. The molecule has 0 heterocycles. The minimum Gasteiger partial charge on any atom is -0.304 e. The SMILES string of the molecule is FC(F)(F)C(F)(F)C(F)(F)C(F)(F)C(F)(F)C(F)(F)O[Si](OC(F)(F)C(F)(F)C(F)(F)C(F)(F)C(F)(F)C(F)(F)F)(OC(F)(F)C(F)(F)C(F)(F)C(F)(F)C(F)(F)C(F)(F)F)C(F)(F)C(F)(F)C(F)(F)C(F)(F)C(F)(F)C(F)(F)C(F)(F)C(F)(F)C(F)(F)C(F)(F)F. The van der Waals surface area contributed by atoms with Crippen LogP contribution in [0.2, 0.25) is 0 Å². The molecular formula is C28F60O3Si. The first-order valence-electron chi connectivity index (χ1n) is 18.8. The van der Waals surface area contributed by atoms with Crippen LogP contribution in [0.15, 0.2) is 0 Å². The Morgan fingerprint density at radius 2 is 0.217 bits per heavy atom. The molecular weight excluding hydrogens is 1550 g/mol. The normalized spacial score (nSPS) is 17.5. The molecule has 0 atom stereocenters. The molecule has 0 spiro atoms. The monoisotopic (exact) mass is 1550 g/mol. The first kappa shape index (κ1) is 87.9. The van der Waals surface area contributed by atoms with Crippen LogP contribution in [-0.2, 0) is 13.3 Å². The maximum atomic E-state index is 16.0. The predicted octanol–water partition coefficient (Wildman–Crippen LogP) is 18.9. The molecule has 0 aromatic carbocycles. The van der Waals surface area contributed by atoms with Gasteiger partial charge in [-0.3, -0.25) is 0 Å². The Kier molecular flexibility index (Phi) is 20.5. The molecule has 3 nitrogen and oxygen atoms in total. The molecule has 0 fully saturated rings. The lowest BCUT2D eigenvalue weighted by atomic mass is 9.87. The Balaban J connectivity index is 10.9. The topological polar surface area (TPSA) is 27.7 Å². The van der Waals surface area contributed by atoms with E-state index in [1.54, 1.807) is 0 Å². The number of rotatable bonds is 27. The van der Waals surface area contributed by atoms with E-state index in [1.807, 2.05) is 0 Å². The zero-order chi connectivity index (χ0) is 76.6. The van der Waals surface area contributed by atoms with E-state index in [0.717, 1.165) is 0 Å². The van der Waals surface area contributed by atoms with Crippen molar-refractivity contribution in [1.29, 1.82) is 0 Å². The van der Waals surface area contributed by atoms with E-state index in [9.17, 15) is 220 Å². The molecule has 0 aromatic heterocycles. The van der Waals surface area contributed by atoms with Crippen LogP contribution in [0.1, 0.15) is 0 Å². The lowest BCUT2D eigenvalue weighted by Crippen LogP contribution is -2.83. The molecule has 554 valence electrons. The highest BCUT2D eigenvalue weighted by molar-refractivity contribution is 6.64. The first-order valence-corrected chi connectivity index (χ1v) is 20.5. The third-order valence-electron chi connectivity index (χ3n) is 10.4. The maximum absolute atomic E-state index is 16.0. The van der Waals surface area contributed by atoms with Crippen molar-refractivity contribution in [1.82, 2.24) is 0 Å². The van der Waals surface area contributed by atoms with Crippen LogP contribution in [-0.4, -0.2) is 176 Å². The summed E-state index contributed by atoms with van der Waals surface area (Å²) in [5, 5.41) is 0.